The highest BCUT2D eigenvalue weighted by Gasteiger charge is 2.19. The Hall–Kier alpha value is -3.66. The Kier molecular flexibility index (Phi) is 6.74. The van der Waals surface area contributed by atoms with Crippen LogP contribution in [0.25, 0.3) is 22.9 Å². The highest BCUT2D eigenvalue weighted by molar-refractivity contribution is 5.63. The molecule has 0 spiro atoms. The van der Waals surface area contributed by atoms with Gasteiger partial charge in [-0.2, -0.15) is 5.10 Å². The van der Waals surface area contributed by atoms with E-state index in [1.807, 2.05) is 13.8 Å². The summed E-state index contributed by atoms with van der Waals surface area (Å²) < 4.78 is 35.2. The number of rotatable bonds is 9. The third-order valence-electron chi connectivity index (χ3n) is 5.05. The zero-order valence-corrected chi connectivity index (χ0v) is 18.2. The third-order valence-corrected chi connectivity index (χ3v) is 5.05. The molecular weight excluding hydrogens is 430 g/mol. The number of hydrogen-bond acceptors (Lipinski definition) is 7. The Bertz CT molecular complexity index is 1210. The number of anilines is 1. The van der Waals surface area contributed by atoms with Crippen molar-refractivity contribution in [1.82, 2.24) is 24.9 Å². The SMILES string of the molecule is CC(C)C[C@H](CO)Nc1nc(-c2cc(-c3ccon3)n(Cc3ccccc3F)n2)ncc1F. The Labute approximate surface area is 189 Å². The molecule has 172 valence electrons. The zero-order valence-electron chi connectivity index (χ0n) is 18.2. The molecule has 0 bridgehead atoms. The van der Waals surface area contributed by atoms with Crippen molar-refractivity contribution in [2.45, 2.75) is 32.9 Å². The van der Waals surface area contributed by atoms with Crippen LogP contribution in [0.3, 0.4) is 0 Å². The molecule has 0 saturated heterocycles. The van der Waals surface area contributed by atoms with Crippen molar-refractivity contribution in [3.8, 4) is 22.9 Å². The van der Waals surface area contributed by atoms with Crippen molar-refractivity contribution in [3.05, 3.63) is 66.1 Å². The van der Waals surface area contributed by atoms with Crippen LogP contribution in [-0.4, -0.2) is 42.7 Å². The van der Waals surface area contributed by atoms with Crippen LogP contribution in [0.1, 0.15) is 25.8 Å². The Morgan fingerprint density at radius 1 is 1.12 bits per heavy atom. The number of nitrogens with zero attached hydrogens (tertiary/aromatic N) is 5. The van der Waals surface area contributed by atoms with Gasteiger partial charge in [-0.1, -0.05) is 37.2 Å². The zero-order chi connectivity index (χ0) is 23.4. The van der Waals surface area contributed by atoms with Gasteiger partial charge in [0, 0.05) is 11.6 Å². The van der Waals surface area contributed by atoms with E-state index in [1.54, 1.807) is 35.0 Å². The van der Waals surface area contributed by atoms with Gasteiger partial charge in [0.2, 0.25) is 0 Å². The first-order valence-electron chi connectivity index (χ1n) is 10.6. The molecule has 10 heteroatoms. The van der Waals surface area contributed by atoms with Crippen LogP contribution in [0, 0.1) is 17.6 Å². The molecule has 0 aliphatic rings. The molecule has 8 nitrogen and oxygen atoms in total. The van der Waals surface area contributed by atoms with Gasteiger partial charge in [-0.3, -0.25) is 4.68 Å². The molecule has 0 aliphatic heterocycles. The van der Waals surface area contributed by atoms with Gasteiger partial charge in [-0.15, -0.1) is 0 Å². The first-order chi connectivity index (χ1) is 15.9. The van der Waals surface area contributed by atoms with E-state index >= 15 is 0 Å². The Morgan fingerprint density at radius 2 is 1.94 bits per heavy atom. The standard InChI is InChI=1S/C23H24F2N6O2/c1-14(2)9-16(13-32)27-22-18(25)11-26-23(28-22)20-10-21(19-7-8-33-30-19)31(29-20)12-15-5-3-4-6-17(15)24/h3-8,10-11,14,16,32H,9,12-13H2,1-2H3,(H,26,27,28)/t16-/m1/s1. The second kappa shape index (κ2) is 9.86. The van der Waals surface area contributed by atoms with Crippen LogP contribution in [0.2, 0.25) is 0 Å². The van der Waals surface area contributed by atoms with Crippen molar-refractivity contribution < 1.29 is 18.4 Å². The van der Waals surface area contributed by atoms with Gasteiger partial charge in [0.1, 0.15) is 23.5 Å². The lowest BCUT2D eigenvalue weighted by Crippen LogP contribution is -2.26. The average Bonchev–Trinajstić information content (AvgIpc) is 3.46. The van der Waals surface area contributed by atoms with Crippen molar-refractivity contribution in [3.63, 3.8) is 0 Å². The van der Waals surface area contributed by atoms with E-state index in [0.717, 1.165) is 6.20 Å². The lowest BCUT2D eigenvalue weighted by Gasteiger charge is -2.19. The van der Waals surface area contributed by atoms with Crippen LogP contribution in [0.5, 0.6) is 0 Å². The predicted molar refractivity (Wildman–Crippen MR) is 118 cm³/mol. The minimum Gasteiger partial charge on any atom is -0.394 e. The van der Waals surface area contributed by atoms with Crippen molar-refractivity contribution in [2.24, 2.45) is 5.92 Å². The van der Waals surface area contributed by atoms with E-state index in [9.17, 15) is 13.9 Å². The molecule has 1 atom stereocenters. The summed E-state index contributed by atoms with van der Waals surface area (Å²) in [5.74, 6) is -0.532. The summed E-state index contributed by atoms with van der Waals surface area (Å²) in [7, 11) is 0. The molecular formula is C23H24F2N6O2. The van der Waals surface area contributed by atoms with Gasteiger partial charge in [0.05, 0.1) is 31.1 Å². The van der Waals surface area contributed by atoms with Gasteiger partial charge in [-0.05, 0) is 24.5 Å². The Balaban J connectivity index is 1.70. The molecule has 33 heavy (non-hydrogen) atoms. The molecule has 4 rings (SSSR count). The van der Waals surface area contributed by atoms with Crippen molar-refractivity contribution in [2.75, 3.05) is 11.9 Å². The molecule has 1 aromatic carbocycles. The lowest BCUT2D eigenvalue weighted by atomic mass is 10.0. The minimum absolute atomic E-state index is 0.0219. The summed E-state index contributed by atoms with van der Waals surface area (Å²) in [4.78, 5) is 8.38. The summed E-state index contributed by atoms with van der Waals surface area (Å²) in [5.41, 5.74) is 1.87. The fourth-order valence-corrected chi connectivity index (χ4v) is 3.52. The van der Waals surface area contributed by atoms with Crippen LogP contribution < -0.4 is 5.32 Å². The maximum absolute atomic E-state index is 14.4. The summed E-state index contributed by atoms with van der Waals surface area (Å²) in [5, 5.41) is 21.1. The molecule has 0 unspecified atom stereocenters. The first kappa shape index (κ1) is 22.5. The normalized spacial score (nSPS) is 12.3. The number of nitrogens with one attached hydrogen (secondary N) is 1. The van der Waals surface area contributed by atoms with E-state index in [-0.39, 0.29) is 36.7 Å². The van der Waals surface area contributed by atoms with Gasteiger partial charge in [-0.25, -0.2) is 18.7 Å². The topological polar surface area (TPSA) is 102 Å². The predicted octanol–water partition coefficient (Wildman–Crippen LogP) is 4.14. The molecule has 2 N–H and O–H groups in total. The van der Waals surface area contributed by atoms with Crippen molar-refractivity contribution in [1.29, 1.82) is 0 Å². The van der Waals surface area contributed by atoms with Crippen LogP contribution >= 0.6 is 0 Å². The van der Waals surface area contributed by atoms with E-state index in [0.29, 0.717) is 35.0 Å². The molecule has 0 saturated carbocycles. The fraction of sp³-hybridized carbons (Fsp3) is 0.304. The van der Waals surface area contributed by atoms with E-state index < -0.39 is 5.82 Å². The monoisotopic (exact) mass is 454 g/mol. The lowest BCUT2D eigenvalue weighted by molar-refractivity contribution is 0.259. The largest absolute Gasteiger partial charge is 0.394 e. The quantitative estimate of drug-likeness (QED) is 0.392. The van der Waals surface area contributed by atoms with Gasteiger partial charge in [0.15, 0.2) is 17.5 Å². The number of aliphatic hydroxyl groups excluding tert-OH is 1. The van der Waals surface area contributed by atoms with E-state index in [4.69, 9.17) is 4.52 Å². The molecule has 3 aromatic heterocycles. The molecule has 0 fully saturated rings. The van der Waals surface area contributed by atoms with Crippen molar-refractivity contribution >= 4 is 5.82 Å². The van der Waals surface area contributed by atoms with Crippen LogP contribution in [0.4, 0.5) is 14.6 Å². The summed E-state index contributed by atoms with van der Waals surface area (Å²) >= 11 is 0. The third kappa shape index (κ3) is 5.23. The second-order valence-electron chi connectivity index (χ2n) is 8.09. The first-order valence-corrected chi connectivity index (χ1v) is 10.6. The molecule has 0 amide bonds. The second-order valence-corrected chi connectivity index (χ2v) is 8.09. The van der Waals surface area contributed by atoms with E-state index in [1.165, 1.54) is 12.3 Å². The fourth-order valence-electron chi connectivity index (χ4n) is 3.52. The van der Waals surface area contributed by atoms with E-state index in [2.05, 4.69) is 25.5 Å². The highest BCUT2D eigenvalue weighted by atomic mass is 19.1. The highest BCUT2D eigenvalue weighted by Crippen LogP contribution is 2.26. The molecule has 3 heterocycles. The van der Waals surface area contributed by atoms with Crippen LogP contribution in [0.15, 0.2) is 53.4 Å². The van der Waals surface area contributed by atoms with Gasteiger partial charge < -0.3 is 14.9 Å². The maximum atomic E-state index is 14.4. The Morgan fingerprint density at radius 3 is 2.64 bits per heavy atom. The summed E-state index contributed by atoms with van der Waals surface area (Å²) in [6.45, 7) is 4.01. The summed E-state index contributed by atoms with van der Waals surface area (Å²) in [6.07, 6.45) is 3.12. The molecule has 0 aliphatic carbocycles. The number of benzene rings is 1. The average molecular weight is 454 g/mol. The number of aromatic nitrogens is 5. The van der Waals surface area contributed by atoms with Gasteiger partial charge >= 0.3 is 0 Å². The smallest absolute Gasteiger partial charge is 0.183 e. The maximum Gasteiger partial charge on any atom is 0.183 e. The number of aliphatic hydroxyl groups is 1. The number of halogens is 2. The number of hydrogen-bond donors (Lipinski definition) is 2. The minimum atomic E-state index is -0.636. The van der Waals surface area contributed by atoms with Gasteiger partial charge in [0.25, 0.3) is 0 Å². The summed E-state index contributed by atoms with van der Waals surface area (Å²) in [6, 6.07) is 9.41. The molecule has 4 aromatic rings. The van der Waals surface area contributed by atoms with Crippen LogP contribution in [-0.2, 0) is 6.54 Å². The molecule has 0 radical (unpaired) electrons.